The number of H-pyrrole nitrogens is 1. The summed E-state index contributed by atoms with van der Waals surface area (Å²) in [4.78, 5) is 0. The Morgan fingerprint density at radius 2 is 2.17 bits per heavy atom. The number of hydrogen-bond acceptors (Lipinski definition) is 3. The van der Waals surface area contributed by atoms with Crippen molar-refractivity contribution in [1.82, 2.24) is 14.8 Å². The van der Waals surface area contributed by atoms with E-state index in [1.807, 2.05) is 18.2 Å². The number of fused-ring (bicyclic) bond motifs is 1. The first kappa shape index (κ1) is 10.3. The van der Waals surface area contributed by atoms with Crippen molar-refractivity contribution in [3.63, 3.8) is 0 Å². The van der Waals surface area contributed by atoms with Crippen molar-refractivity contribution in [2.24, 2.45) is 0 Å². The van der Waals surface area contributed by atoms with Crippen LogP contribution in [0.3, 0.4) is 0 Å². The van der Waals surface area contributed by atoms with Crippen molar-refractivity contribution in [2.45, 2.75) is 24.8 Å². The van der Waals surface area contributed by atoms with E-state index in [0.29, 0.717) is 17.3 Å². The maximum absolute atomic E-state index is 5.74. The maximum atomic E-state index is 5.74. The van der Waals surface area contributed by atoms with Gasteiger partial charge in [-0.05, 0) is 31.1 Å². The van der Waals surface area contributed by atoms with E-state index in [1.165, 1.54) is 18.4 Å². The van der Waals surface area contributed by atoms with Crippen molar-refractivity contribution >= 4 is 12.2 Å². The van der Waals surface area contributed by atoms with Gasteiger partial charge in [-0.3, -0.25) is 9.67 Å². The van der Waals surface area contributed by atoms with Crippen LogP contribution < -0.4 is 4.74 Å². The lowest BCUT2D eigenvalue weighted by Gasteiger charge is -2.13. The molecule has 0 spiro atoms. The highest BCUT2D eigenvalue weighted by molar-refractivity contribution is 7.71. The average molecular weight is 259 g/mol. The fraction of sp³-hybridized carbons (Fsp3) is 0.385. The van der Waals surface area contributed by atoms with Crippen molar-refractivity contribution in [1.29, 1.82) is 0 Å². The lowest BCUT2D eigenvalue weighted by Crippen LogP contribution is -2.15. The van der Waals surface area contributed by atoms with Crippen LogP contribution in [0.2, 0.25) is 0 Å². The summed E-state index contributed by atoms with van der Waals surface area (Å²) in [5, 5.41) is 7.31. The molecule has 1 atom stereocenters. The number of rotatable bonds is 2. The fourth-order valence-electron chi connectivity index (χ4n) is 2.61. The van der Waals surface area contributed by atoms with E-state index < -0.39 is 0 Å². The first-order chi connectivity index (χ1) is 8.84. The van der Waals surface area contributed by atoms with E-state index in [0.717, 1.165) is 11.6 Å². The Morgan fingerprint density at radius 3 is 3.00 bits per heavy atom. The van der Waals surface area contributed by atoms with Crippen molar-refractivity contribution in [3.05, 3.63) is 40.4 Å². The van der Waals surface area contributed by atoms with Gasteiger partial charge in [0.2, 0.25) is 0 Å². The first-order valence-corrected chi connectivity index (χ1v) is 6.64. The Bertz CT molecular complexity index is 656. The van der Waals surface area contributed by atoms with Gasteiger partial charge < -0.3 is 4.74 Å². The van der Waals surface area contributed by atoms with Crippen LogP contribution in [0.15, 0.2) is 24.3 Å². The Labute approximate surface area is 110 Å². The molecule has 0 saturated heterocycles. The van der Waals surface area contributed by atoms with Gasteiger partial charge in [-0.1, -0.05) is 18.2 Å². The standard InChI is InChI=1S/C13H13N3OS/c18-13-15-14-12(8-5-6-8)16(13)10-7-17-11-4-2-1-3-9(10)11/h1-4,8,10H,5-7H2,(H,15,18). The molecule has 2 aliphatic rings. The van der Waals surface area contributed by atoms with Gasteiger partial charge in [0.05, 0.1) is 0 Å². The Hall–Kier alpha value is -1.62. The lowest BCUT2D eigenvalue weighted by atomic mass is 10.1. The van der Waals surface area contributed by atoms with Crippen LogP contribution in [0.4, 0.5) is 0 Å². The summed E-state index contributed by atoms with van der Waals surface area (Å²) in [5.41, 5.74) is 1.21. The molecule has 2 heterocycles. The van der Waals surface area contributed by atoms with Crippen LogP contribution in [0.25, 0.3) is 0 Å². The van der Waals surface area contributed by atoms with Crippen LogP contribution in [0, 0.1) is 4.77 Å². The smallest absolute Gasteiger partial charge is 0.195 e. The van der Waals surface area contributed by atoms with Crippen LogP contribution in [0.5, 0.6) is 5.75 Å². The zero-order valence-electron chi connectivity index (χ0n) is 9.80. The number of nitrogens with zero attached hydrogens (tertiary/aromatic N) is 2. The number of benzene rings is 1. The second-order valence-electron chi connectivity index (χ2n) is 4.90. The number of aromatic nitrogens is 3. The Kier molecular flexibility index (Phi) is 2.11. The molecule has 1 unspecified atom stereocenters. The number of para-hydroxylation sites is 1. The Morgan fingerprint density at radius 1 is 1.33 bits per heavy atom. The highest BCUT2D eigenvalue weighted by Gasteiger charge is 2.34. The van der Waals surface area contributed by atoms with Crippen LogP contribution in [-0.4, -0.2) is 21.4 Å². The number of nitrogens with one attached hydrogen (secondary N) is 1. The SMILES string of the molecule is S=c1[nH]nc(C2CC2)n1C1COc2ccccc21. The third-order valence-electron chi connectivity index (χ3n) is 3.66. The minimum absolute atomic E-state index is 0.169. The minimum atomic E-state index is 0.169. The summed E-state index contributed by atoms with van der Waals surface area (Å²) >= 11 is 5.37. The van der Waals surface area contributed by atoms with Gasteiger partial charge in [0, 0.05) is 11.5 Å². The maximum Gasteiger partial charge on any atom is 0.195 e. The molecule has 4 rings (SSSR count). The van der Waals surface area contributed by atoms with Crippen LogP contribution >= 0.6 is 12.2 Å². The molecule has 1 aromatic heterocycles. The summed E-state index contributed by atoms with van der Waals surface area (Å²) in [6.45, 7) is 0.646. The van der Waals surface area contributed by atoms with Gasteiger partial charge in [0.25, 0.3) is 0 Å². The van der Waals surface area contributed by atoms with E-state index >= 15 is 0 Å². The van der Waals surface area contributed by atoms with Gasteiger partial charge in [0.15, 0.2) is 4.77 Å². The average Bonchev–Trinajstić information content (AvgIpc) is 3.04. The third kappa shape index (κ3) is 1.43. The van der Waals surface area contributed by atoms with Gasteiger partial charge in [-0.15, -0.1) is 0 Å². The molecule has 5 heteroatoms. The topological polar surface area (TPSA) is 42.8 Å². The fourth-order valence-corrected chi connectivity index (χ4v) is 2.87. The van der Waals surface area contributed by atoms with E-state index in [1.54, 1.807) is 0 Å². The summed E-state index contributed by atoms with van der Waals surface area (Å²) < 4.78 is 8.57. The first-order valence-electron chi connectivity index (χ1n) is 6.23. The van der Waals surface area contributed by atoms with E-state index in [4.69, 9.17) is 17.0 Å². The highest BCUT2D eigenvalue weighted by atomic mass is 32.1. The third-order valence-corrected chi connectivity index (χ3v) is 3.95. The monoisotopic (exact) mass is 259 g/mol. The largest absolute Gasteiger partial charge is 0.491 e. The number of ether oxygens (including phenoxy) is 1. The molecule has 1 N–H and O–H groups in total. The summed E-state index contributed by atoms with van der Waals surface area (Å²) in [6, 6.07) is 8.33. The van der Waals surface area contributed by atoms with E-state index in [2.05, 4.69) is 20.8 Å². The highest BCUT2D eigenvalue weighted by Crippen LogP contribution is 2.42. The number of aromatic amines is 1. The molecule has 0 radical (unpaired) electrons. The van der Waals surface area contributed by atoms with Gasteiger partial charge in [-0.25, -0.2) is 0 Å². The Balaban J connectivity index is 1.85. The molecule has 1 aromatic carbocycles. The summed E-state index contributed by atoms with van der Waals surface area (Å²) in [7, 11) is 0. The number of hydrogen-bond donors (Lipinski definition) is 1. The van der Waals surface area contributed by atoms with Crippen molar-refractivity contribution < 1.29 is 4.74 Å². The summed E-state index contributed by atoms with van der Waals surface area (Å²) in [5.74, 6) is 2.63. The van der Waals surface area contributed by atoms with Gasteiger partial charge in [-0.2, -0.15) is 5.10 Å². The molecule has 18 heavy (non-hydrogen) atoms. The zero-order valence-corrected chi connectivity index (χ0v) is 10.6. The van der Waals surface area contributed by atoms with Crippen molar-refractivity contribution in [2.75, 3.05) is 6.61 Å². The molecule has 0 bridgehead atoms. The van der Waals surface area contributed by atoms with E-state index in [9.17, 15) is 0 Å². The van der Waals surface area contributed by atoms with Gasteiger partial charge in [0.1, 0.15) is 24.2 Å². The zero-order chi connectivity index (χ0) is 12.1. The molecule has 4 nitrogen and oxygen atoms in total. The quantitative estimate of drug-likeness (QED) is 0.843. The molecule has 1 fully saturated rings. The second kappa shape index (κ2) is 3.68. The second-order valence-corrected chi connectivity index (χ2v) is 5.28. The molecular weight excluding hydrogens is 246 g/mol. The predicted molar refractivity (Wildman–Crippen MR) is 69.5 cm³/mol. The van der Waals surface area contributed by atoms with Crippen LogP contribution in [0.1, 0.15) is 36.2 Å². The molecule has 92 valence electrons. The molecule has 2 aromatic rings. The van der Waals surface area contributed by atoms with E-state index in [-0.39, 0.29) is 6.04 Å². The minimum Gasteiger partial charge on any atom is -0.491 e. The lowest BCUT2D eigenvalue weighted by molar-refractivity contribution is 0.313. The van der Waals surface area contributed by atoms with Gasteiger partial charge >= 0.3 is 0 Å². The normalized spacial score (nSPS) is 21.7. The molecule has 0 amide bonds. The van der Waals surface area contributed by atoms with Crippen molar-refractivity contribution in [3.8, 4) is 5.75 Å². The summed E-state index contributed by atoms with van der Waals surface area (Å²) in [6.07, 6.45) is 2.43. The molecule has 1 saturated carbocycles. The predicted octanol–water partition coefficient (Wildman–Crippen LogP) is 2.80. The molecule has 1 aliphatic heterocycles. The molecular formula is C13H13N3OS. The van der Waals surface area contributed by atoms with Crippen LogP contribution in [-0.2, 0) is 0 Å². The molecule has 1 aliphatic carbocycles.